The van der Waals surface area contributed by atoms with Crippen molar-refractivity contribution in [1.82, 2.24) is 4.90 Å². The summed E-state index contributed by atoms with van der Waals surface area (Å²) in [4.78, 5) is 14.7. The van der Waals surface area contributed by atoms with E-state index in [1.54, 1.807) is 6.07 Å². The Morgan fingerprint density at radius 2 is 1.75 bits per heavy atom. The monoisotopic (exact) mass is 347 g/mol. The second-order valence-corrected chi connectivity index (χ2v) is 5.44. The number of furan rings is 1. The van der Waals surface area contributed by atoms with Crippen LogP contribution in [0.25, 0.3) is 21.9 Å². The van der Waals surface area contributed by atoms with Gasteiger partial charge in [0.1, 0.15) is 17.8 Å². The minimum atomic E-state index is -0.297. The number of benzene rings is 2. The van der Waals surface area contributed by atoms with Gasteiger partial charge in [-0.25, -0.2) is 4.79 Å². The molecule has 0 fully saturated rings. The van der Waals surface area contributed by atoms with Crippen LogP contribution in [0.2, 0.25) is 0 Å². The van der Waals surface area contributed by atoms with Crippen LogP contribution in [0.4, 0.5) is 0 Å². The zero-order valence-corrected chi connectivity index (χ0v) is 14.8. The van der Waals surface area contributed by atoms with Gasteiger partial charge in [0.05, 0.1) is 5.56 Å². The Morgan fingerprint density at radius 1 is 1.04 bits per heavy atom. The number of hydrogen-bond acceptors (Lipinski definition) is 4. The Kier molecular flexibility index (Phi) is 6.23. The minimum Gasteiger partial charge on any atom is -0.461 e. The van der Waals surface area contributed by atoms with Crippen molar-refractivity contribution >= 4 is 40.3 Å². The number of nitrogens with zero attached hydrogens (tertiary/aromatic N) is 1. The van der Waals surface area contributed by atoms with Crippen molar-refractivity contribution in [2.75, 3.05) is 26.2 Å². The number of halogens is 1. The standard InChI is InChI=1S/C19H21NO3.ClH/c1-3-20(4-2)12-13-22-19(21)15-9-7-11-17-18(15)14-8-5-6-10-16(14)23-17;/h5-11H,3-4,12-13H2,1-2H3;1H. The molecule has 0 radical (unpaired) electrons. The predicted molar refractivity (Wildman–Crippen MR) is 99.0 cm³/mol. The fourth-order valence-electron chi connectivity index (χ4n) is 2.83. The molecule has 1 heterocycles. The molecule has 0 amide bonds. The first-order chi connectivity index (χ1) is 11.2. The van der Waals surface area contributed by atoms with Crippen LogP contribution in [0.5, 0.6) is 0 Å². The molecule has 0 atom stereocenters. The molecule has 24 heavy (non-hydrogen) atoms. The van der Waals surface area contributed by atoms with Gasteiger partial charge in [0.15, 0.2) is 0 Å². The highest BCUT2D eigenvalue weighted by molar-refractivity contribution is 6.15. The largest absolute Gasteiger partial charge is 0.461 e. The molecule has 0 unspecified atom stereocenters. The van der Waals surface area contributed by atoms with Crippen LogP contribution in [0.3, 0.4) is 0 Å². The number of carbonyl (C=O) groups is 1. The summed E-state index contributed by atoms with van der Waals surface area (Å²) in [7, 11) is 0. The molecule has 0 aliphatic heterocycles. The van der Waals surface area contributed by atoms with Crippen LogP contribution in [0, 0.1) is 0 Å². The number of ether oxygens (including phenoxy) is 1. The molecule has 0 aliphatic rings. The number of para-hydroxylation sites is 1. The molecule has 0 spiro atoms. The Bertz CT molecular complexity index is 824. The van der Waals surface area contributed by atoms with E-state index in [2.05, 4.69) is 18.7 Å². The first-order valence-corrected chi connectivity index (χ1v) is 8.04. The molecular weight excluding hydrogens is 326 g/mol. The smallest absolute Gasteiger partial charge is 0.338 e. The Labute approximate surface area is 147 Å². The fourth-order valence-corrected chi connectivity index (χ4v) is 2.83. The van der Waals surface area contributed by atoms with E-state index in [0.717, 1.165) is 36.0 Å². The van der Waals surface area contributed by atoms with Gasteiger partial charge in [-0.2, -0.15) is 0 Å². The third-order valence-electron chi connectivity index (χ3n) is 4.16. The molecule has 3 aromatic rings. The molecule has 0 N–H and O–H groups in total. The lowest BCUT2D eigenvalue weighted by atomic mass is 10.1. The molecule has 0 saturated carbocycles. The predicted octanol–water partition coefficient (Wildman–Crippen LogP) is 4.51. The lowest BCUT2D eigenvalue weighted by Gasteiger charge is -2.17. The lowest BCUT2D eigenvalue weighted by molar-refractivity contribution is 0.0469. The van der Waals surface area contributed by atoms with Gasteiger partial charge in [-0.1, -0.05) is 38.1 Å². The summed E-state index contributed by atoms with van der Waals surface area (Å²) in [6, 6.07) is 13.2. The van der Waals surface area contributed by atoms with Gasteiger partial charge in [-0.3, -0.25) is 0 Å². The summed E-state index contributed by atoms with van der Waals surface area (Å²) in [6.07, 6.45) is 0. The van der Waals surface area contributed by atoms with Crippen molar-refractivity contribution in [2.45, 2.75) is 13.8 Å². The van der Waals surface area contributed by atoms with Gasteiger partial charge in [-0.15, -0.1) is 12.4 Å². The van der Waals surface area contributed by atoms with E-state index < -0.39 is 0 Å². The molecule has 0 saturated heterocycles. The third-order valence-corrected chi connectivity index (χ3v) is 4.16. The summed E-state index contributed by atoms with van der Waals surface area (Å²) in [6.45, 7) is 7.26. The zero-order chi connectivity index (χ0) is 16.2. The molecule has 0 bridgehead atoms. The van der Waals surface area contributed by atoms with Gasteiger partial charge >= 0.3 is 5.97 Å². The number of likely N-dealkylation sites (N-methyl/N-ethyl adjacent to an activating group) is 1. The molecule has 1 aromatic heterocycles. The normalized spacial score (nSPS) is 11.0. The van der Waals surface area contributed by atoms with E-state index in [9.17, 15) is 4.79 Å². The summed E-state index contributed by atoms with van der Waals surface area (Å²) in [5.41, 5.74) is 2.06. The maximum Gasteiger partial charge on any atom is 0.338 e. The summed E-state index contributed by atoms with van der Waals surface area (Å²) in [5.74, 6) is -0.297. The van der Waals surface area contributed by atoms with Crippen molar-refractivity contribution in [3.05, 3.63) is 48.0 Å². The maximum atomic E-state index is 12.5. The van der Waals surface area contributed by atoms with Crippen LogP contribution in [0.1, 0.15) is 24.2 Å². The van der Waals surface area contributed by atoms with E-state index in [1.165, 1.54) is 0 Å². The number of hydrogen-bond donors (Lipinski definition) is 0. The topological polar surface area (TPSA) is 42.7 Å². The first-order valence-electron chi connectivity index (χ1n) is 8.04. The fraction of sp³-hybridized carbons (Fsp3) is 0.316. The van der Waals surface area contributed by atoms with Crippen molar-refractivity contribution < 1.29 is 13.9 Å². The number of esters is 1. The van der Waals surface area contributed by atoms with E-state index in [4.69, 9.17) is 9.15 Å². The van der Waals surface area contributed by atoms with E-state index in [1.807, 2.05) is 36.4 Å². The lowest BCUT2D eigenvalue weighted by Crippen LogP contribution is -2.27. The van der Waals surface area contributed by atoms with Gasteiger partial charge in [0, 0.05) is 17.3 Å². The van der Waals surface area contributed by atoms with Crippen molar-refractivity contribution in [3.8, 4) is 0 Å². The molecule has 128 valence electrons. The number of carbonyl (C=O) groups excluding carboxylic acids is 1. The number of rotatable bonds is 6. The third kappa shape index (κ3) is 3.55. The van der Waals surface area contributed by atoms with Crippen LogP contribution in [-0.4, -0.2) is 37.1 Å². The average molecular weight is 348 g/mol. The molecule has 3 rings (SSSR count). The molecular formula is C19H22ClNO3. The summed E-state index contributed by atoms with van der Waals surface area (Å²) < 4.78 is 11.3. The van der Waals surface area contributed by atoms with Crippen LogP contribution >= 0.6 is 12.4 Å². The Hall–Kier alpha value is -2.04. The van der Waals surface area contributed by atoms with Gasteiger partial charge < -0.3 is 14.1 Å². The molecule has 2 aromatic carbocycles. The Morgan fingerprint density at radius 3 is 2.50 bits per heavy atom. The highest BCUT2D eigenvalue weighted by atomic mass is 35.5. The second kappa shape index (κ2) is 8.18. The minimum absolute atomic E-state index is 0. The van der Waals surface area contributed by atoms with Crippen molar-refractivity contribution in [1.29, 1.82) is 0 Å². The van der Waals surface area contributed by atoms with Gasteiger partial charge in [0.25, 0.3) is 0 Å². The molecule has 4 nitrogen and oxygen atoms in total. The van der Waals surface area contributed by atoms with E-state index in [-0.39, 0.29) is 18.4 Å². The maximum absolute atomic E-state index is 12.5. The second-order valence-electron chi connectivity index (χ2n) is 5.44. The summed E-state index contributed by atoms with van der Waals surface area (Å²) in [5, 5.41) is 1.77. The SMILES string of the molecule is CCN(CC)CCOC(=O)c1cccc2oc3ccccc3c12.Cl. The summed E-state index contributed by atoms with van der Waals surface area (Å²) >= 11 is 0. The Balaban J connectivity index is 0.00000208. The average Bonchev–Trinajstić information content (AvgIpc) is 2.97. The van der Waals surface area contributed by atoms with Gasteiger partial charge in [-0.05, 0) is 31.3 Å². The molecule has 5 heteroatoms. The van der Waals surface area contributed by atoms with Crippen molar-refractivity contribution in [2.24, 2.45) is 0 Å². The van der Waals surface area contributed by atoms with E-state index >= 15 is 0 Å². The van der Waals surface area contributed by atoms with E-state index in [0.29, 0.717) is 17.8 Å². The van der Waals surface area contributed by atoms with Crippen LogP contribution in [0.15, 0.2) is 46.9 Å². The van der Waals surface area contributed by atoms with Gasteiger partial charge in [0.2, 0.25) is 0 Å². The first kappa shape index (κ1) is 18.3. The number of fused-ring (bicyclic) bond motifs is 3. The zero-order valence-electron chi connectivity index (χ0n) is 14.0. The van der Waals surface area contributed by atoms with Crippen molar-refractivity contribution in [3.63, 3.8) is 0 Å². The highest BCUT2D eigenvalue weighted by Crippen LogP contribution is 2.31. The van der Waals surface area contributed by atoms with Crippen LogP contribution < -0.4 is 0 Å². The molecule has 0 aliphatic carbocycles. The van der Waals surface area contributed by atoms with Crippen LogP contribution in [-0.2, 0) is 4.74 Å². The quantitative estimate of drug-likeness (QED) is 0.615. The highest BCUT2D eigenvalue weighted by Gasteiger charge is 2.16.